The fraction of sp³-hybridized carbons (Fsp3) is 0.320. The van der Waals surface area contributed by atoms with E-state index in [2.05, 4.69) is 45.7 Å². The van der Waals surface area contributed by atoms with Crippen molar-refractivity contribution in [2.24, 2.45) is 0 Å². The van der Waals surface area contributed by atoms with Crippen molar-refractivity contribution in [3.8, 4) is 5.75 Å². The molecular formula is C25H32N8O. The molecular weight excluding hydrogens is 428 g/mol. The second kappa shape index (κ2) is 10.8. The molecule has 0 aliphatic rings. The summed E-state index contributed by atoms with van der Waals surface area (Å²) in [6, 6.07) is 14.1. The van der Waals surface area contributed by atoms with Crippen molar-refractivity contribution >= 4 is 28.5 Å². The minimum atomic E-state index is 0.236. The van der Waals surface area contributed by atoms with Gasteiger partial charge in [-0.15, -0.1) is 0 Å². The van der Waals surface area contributed by atoms with Crippen LogP contribution >= 0.6 is 0 Å². The molecule has 0 aliphatic heterocycles. The second-order valence-electron chi connectivity index (χ2n) is 8.26. The number of fused-ring (bicyclic) bond motifs is 1. The van der Waals surface area contributed by atoms with Gasteiger partial charge in [0.2, 0.25) is 5.95 Å². The zero-order chi connectivity index (χ0) is 23.9. The number of hydrogen-bond acceptors (Lipinski definition) is 8. The zero-order valence-corrected chi connectivity index (χ0v) is 19.7. The number of nitrogens with zero attached hydrogens (tertiary/aromatic N) is 4. The third-order valence-electron chi connectivity index (χ3n) is 5.57. The molecule has 6 N–H and O–H groups in total. The van der Waals surface area contributed by atoms with Crippen molar-refractivity contribution in [2.75, 3.05) is 30.4 Å². The summed E-state index contributed by atoms with van der Waals surface area (Å²) in [4.78, 5) is 8.68. The van der Waals surface area contributed by atoms with Crippen molar-refractivity contribution in [3.63, 3.8) is 0 Å². The number of methoxy groups -OCH3 is 1. The van der Waals surface area contributed by atoms with E-state index in [0.29, 0.717) is 23.4 Å². The summed E-state index contributed by atoms with van der Waals surface area (Å²) in [5.74, 6) is 1.72. The lowest BCUT2D eigenvalue weighted by molar-refractivity contribution is 0.406. The van der Waals surface area contributed by atoms with Gasteiger partial charge in [0, 0.05) is 30.9 Å². The van der Waals surface area contributed by atoms with Gasteiger partial charge in [-0.1, -0.05) is 37.6 Å². The number of anilines is 3. The maximum absolute atomic E-state index is 5.91. The Labute approximate surface area is 199 Å². The quantitative estimate of drug-likeness (QED) is 0.198. The van der Waals surface area contributed by atoms with Gasteiger partial charge in [-0.2, -0.15) is 10.1 Å². The summed E-state index contributed by atoms with van der Waals surface area (Å²) in [5, 5.41) is 11.5. The number of hydrogen-bond donors (Lipinski definition) is 4. The lowest BCUT2D eigenvalue weighted by Gasteiger charge is -2.12. The van der Waals surface area contributed by atoms with E-state index >= 15 is 0 Å². The first-order chi connectivity index (χ1) is 16.6. The SMILES string of the molecule is CCCCNc1nc(N)nc2cn(Cc3ccc(CNCc4ccc(N)cc4)cc3OC)nc12. The zero-order valence-electron chi connectivity index (χ0n) is 19.7. The van der Waals surface area contributed by atoms with Crippen molar-refractivity contribution < 1.29 is 4.74 Å². The van der Waals surface area contributed by atoms with E-state index in [9.17, 15) is 0 Å². The Morgan fingerprint density at radius 3 is 2.53 bits per heavy atom. The number of nitrogen functional groups attached to an aromatic ring is 2. The van der Waals surface area contributed by atoms with Gasteiger partial charge in [-0.25, -0.2) is 4.98 Å². The molecule has 178 valence electrons. The first kappa shape index (κ1) is 23.3. The molecule has 0 saturated carbocycles. The molecule has 2 heterocycles. The van der Waals surface area contributed by atoms with Crippen LogP contribution in [0.2, 0.25) is 0 Å². The predicted octanol–water partition coefficient (Wildman–Crippen LogP) is 3.55. The lowest BCUT2D eigenvalue weighted by Crippen LogP contribution is -2.13. The molecule has 0 aliphatic carbocycles. The molecule has 9 nitrogen and oxygen atoms in total. The lowest BCUT2D eigenvalue weighted by atomic mass is 10.1. The third-order valence-corrected chi connectivity index (χ3v) is 5.57. The van der Waals surface area contributed by atoms with E-state index in [1.165, 1.54) is 5.56 Å². The average molecular weight is 461 g/mol. The molecule has 2 aromatic heterocycles. The summed E-state index contributed by atoms with van der Waals surface area (Å²) in [5.41, 5.74) is 17.2. The van der Waals surface area contributed by atoms with Crippen LogP contribution in [0.1, 0.15) is 36.5 Å². The van der Waals surface area contributed by atoms with E-state index in [-0.39, 0.29) is 5.95 Å². The third kappa shape index (κ3) is 5.74. The monoisotopic (exact) mass is 460 g/mol. The van der Waals surface area contributed by atoms with Gasteiger partial charge < -0.3 is 26.8 Å². The fourth-order valence-corrected chi connectivity index (χ4v) is 3.76. The Kier molecular flexibility index (Phi) is 7.44. The Hall–Kier alpha value is -3.85. The first-order valence-corrected chi connectivity index (χ1v) is 11.5. The van der Waals surface area contributed by atoms with Crippen LogP contribution in [0.15, 0.2) is 48.7 Å². The molecule has 0 radical (unpaired) electrons. The summed E-state index contributed by atoms with van der Waals surface area (Å²) >= 11 is 0. The molecule has 9 heteroatoms. The Bertz CT molecular complexity index is 1240. The van der Waals surface area contributed by atoms with Gasteiger partial charge in [0.05, 0.1) is 19.9 Å². The molecule has 0 amide bonds. The molecule has 4 aromatic rings. The van der Waals surface area contributed by atoms with E-state index < -0.39 is 0 Å². The number of aromatic nitrogens is 4. The van der Waals surface area contributed by atoms with E-state index in [1.807, 2.05) is 35.1 Å². The van der Waals surface area contributed by atoms with Gasteiger partial charge in [-0.05, 0) is 35.7 Å². The first-order valence-electron chi connectivity index (χ1n) is 11.5. The number of benzene rings is 2. The van der Waals surface area contributed by atoms with Gasteiger partial charge in [0.15, 0.2) is 11.3 Å². The highest BCUT2D eigenvalue weighted by atomic mass is 16.5. The smallest absolute Gasteiger partial charge is 0.222 e. The van der Waals surface area contributed by atoms with Gasteiger partial charge in [0.1, 0.15) is 11.3 Å². The number of rotatable bonds is 11. The molecule has 0 spiro atoms. The standard InChI is InChI=1S/C25H32N8O/c1-3-4-11-29-24-23-21(30-25(27)31-24)16-33(32-23)15-19-8-5-18(12-22(19)34-2)14-28-13-17-6-9-20(26)10-7-17/h5-10,12,16,28H,3-4,11,13-15,26H2,1-2H3,(H3,27,29,30,31). The van der Waals surface area contributed by atoms with Crippen molar-refractivity contribution in [1.82, 2.24) is 25.1 Å². The summed E-state index contributed by atoms with van der Waals surface area (Å²) in [7, 11) is 1.69. The van der Waals surface area contributed by atoms with Crippen LogP contribution in [-0.2, 0) is 19.6 Å². The second-order valence-corrected chi connectivity index (χ2v) is 8.26. The highest BCUT2D eigenvalue weighted by molar-refractivity contribution is 5.85. The van der Waals surface area contributed by atoms with Gasteiger partial charge in [-0.3, -0.25) is 4.68 Å². The van der Waals surface area contributed by atoms with E-state index in [4.69, 9.17) is 21.3 Å². The average Bonchev–Trinajstić information content (AvgIpc) is 3.23. The van der Waals surface area contributed by atoms with Crippen molar-refractivity contribution in [2.45, 2.75) is 39.4 Å². The number of nitrogens with one attached hydrogen (secondary N) is 2. The van der Waals surface area contributed by atoms with Crippen LogP contribution in [0.4, 0.5) is 17.5 Å². The topological polar surface area (TPSA) is 129 Å². The van der Waals surface area contributed by atoms with Crippen LogP contribution in [0, 0.1) is 0 Å². The summed E-state index contributed by atoms with van der Waals surface area (Å²) in [6.07, 6.45) is 4.03. The molecule has 0 fully saturated rings. The maximum atomic E-state index is 5.91. The van der Waals surface area contributed by atoms with Gasteiger partial charge in [0.25, 0.3) is 0 Å². The Morgan fingerprint density at radius 2 is 1.76 bits per heavy atom. The largest absolute Gasteiger partial charge is 0.496 e. The minimum Gasteiger partial charge on any atom is -0.496 e. The highest BCUT2D eigenvalue weighted by Gasteiger charge is 2.13. The Balaban J connectivity index is 1.45. The molecule has 34 heavy (non-hydrogen) atoms. The molecule has 0 saturated heterocycles. The molecule has 0 atom stereocenters. The van der Waals surface area contributed by atoms with Crippen molar-refractivity contribution in [1.29, 1.82) is 0 Å². The maximum Gasteiger partial charge on any atom is 0.222 e. The summed E-state index contributed by atoms with van der Waals surface area (Å²) < 4.78 is 7.52. The van der Waals surface area contributed by atoms with Crippen molar-refractivity contribution in [3.05, 3.63) is 65.4 Å². The minimum absolute atomic E-state index is 0.236. The van der Waals surface area contributed by atoms with Crippen LogP contribution in [-0.4, -0.2) is 33.4 Å². The predicted molar refractivity (Wildman–Crippen MR) is 137 cm³/mol. The van der Waals surface area contributed by atoms with Crippen LogP contribution < -0.4 is 26.8 Å². The van der Waals surface area contributed by atoms with E-state index in [1.54, 1.807) is 7.11 Å². The Morgan fingerprint density at radius 1 is 1.00 bits per heavy atom. The highest BCUT2D eigenvalue weighted by Crippen LogP contribution is 2.24. The van der Waals surface area contributed by atoms with E-state index in [0.717, 1.165) is 55.0 Å². The van der Waals surface area contributed by atoms with Crippen LogP contribution in [0.3, 0.4) is 0 Å². The molecule has 0 bridgehead atoms. The fourth-order valence-electron chi connectivity index (χ4n) is 3.76. The molecule has 0 unspecified atom stereocenters. The van der Waals surface area contributed by atoms with Crippen LogP contribution in [0.5, 0.6) is 5.75 Å². The van der Waals surface area contributed by atoms with Gasteiger partial charge >= 0.3 is 0 Å². The molecule has 4 rings (SSSR count). The number of unbranched alkanes of at least 4 members (excludes halogenated alkanes) is 1. The normalized spacial score (nSPS) is 11.1. The number of nitrogens with two attached hydrogens (primary N) is 2. The number of ether oxygens (including phenoxy) is 1. The summed E-state index contributed by atoms with van der Waals surface area (Å²) in [6.45, 7) is 5.01. The van der Waals surface area contributed by atoms with Crippen LogP contribution in [0.25, 0.3) is 11.0 Å². The molecule has 2 aromatic carbocycles.